The number of imidazole rings is 1. The van der Waals surface area contributed by atoms with E-state index in [1.54, 1.807) is 6.92 Å². The first-order valence-electron chi connectivity index (χ1n) is 12.0. The van der Waals surface area contributed by atoms with Gasteiger partial charge in [0.15, 0.2) is 0 Å². The number of aromatic nitrogens is 2. The van der Waals surface area contributed by atoms with Gasteiger partial charge in [-0.2, -0.15) is 13.2 Å². The number of halogens is 4. The lowest BCUT2D eigenvalue weighted by Gasteiger charge is -2.36. The molecule has 2 heterocycles. The van der Waals surface area contributed by atoms with Gasteiger partial charge in [0.2, 0.25) is 5.60 Å². The standard InChI is InChI=1S/C25H25F4N5O6S/c1-14-21(32-13-31-14)22(35)30-11-17-12-34(41(37,38)18-7-4-15(26)5-8-18)19-10-16(6-9-20(19)39-17)33-23(36)40-24(2,3)25(27,28)29/h4-10,13,17H,11-12H2,1-3H3,(H,30,35)(H,31,32)(H,33,36). The predicted octanol–water partition coefficient (Wildman–Crippen LogP) is 4.13. The highest BCUT2D eigenvalue weighted by molar-refractivity contribution is 7.92. The van der Waals surface area contributed by atoms with E-state index >= 15 is 0 Å². The van der Waals surface area contributed by atoms with Crippen LogP contribution in [-0.2, 0) is 14.8 Å². The zero-order chi connectivity index (χ0) is 30.2. The Morgan fingerprint density at radius 2 is 1.85 bits per heavy atom. The summed E-state index contributed by atoms with van der Waals surface area (Å²) in [7, 11) is -4.34. The summed E-state index contributed by atoms with van der Waals surface area (Å²) in [6.07, 6.45) is -5.81. The van der Waals surface area contributed by atoms with Crippen LogP contribution in [0.1, 0.15) is 30.0 Å². The Morgan fingerprint density at radius 1 is 1.17 bits per heavy atom. The van der Waals surface area contributed by atoms with E-state index in [0.29, 0.717) is 19.5 Å². The number of hydrogen-bond acceptors (Lipinski definition) is 7. The largest absolute Gasteiger partial charge is 0.484 e. The van der Waals surface area contributed by atoms with Crippen molar-refractivity contribution < 1.29 is 45.0 Å². The van der Waals surface area contributed by atoms with E-state index in [1.165, 1.54) is 24.5 Å². The molecule has 1 aromatic heterocycles. The molecule has 1 aliphatic heterocycles. The summed E-state index contributed by atoms with van der Waals surface area (Å²) in [5.41, 5.74) is -2.27. The number of carbonyl (C=O) groups is 2. The number of alkyl halides is 3. The highest BCUT2D eigenvalue weighted by atomic mass is 32.2. The molecule has 2 aromatic carbocycles. The number of benzene rings is 2. The number of fused-ring (bicyclic) bond motifs is 1. The lowest BCUT2D eigenvalue weighted by atomic mass is 10.1. The maximum absolute atomic E-state index is 13.6. The number of anilines is 2. The summed E-state index contributed by atoms with van der Waals surface area (Å²) in [4.78, 5) is 31.2. The van der Waals surface area contributed by atoms with Crippen LogP contribution in [-0.4, -0.2) is 61.4 Å². The number of H-pyrrole nitrogens is 1. The fourth-order valence-corrected chi connectivity index (χ4v) is 5.27. The number of rotatable bonds is 7. The third kappa shape index (κ3) is 6.37. The molecular weight excluding hydrogens is 574 g/mol. The normalized spacial score (nSPS) is 15.5. The molecule has 0 radical (unpaired) electrons. The monoisotopic (exact) mass is 599 g/mol. The number of carbonyl (C=O) groups excluding carboxylic acids is 2. The molecule has 1 atom stereocenters. The van der Waals surface area contributed by atoms with Crippen LogP contribution in [0.2, 0.25) is 0 Å². The van der Waals surface area contributed by atoms with Gasteiger partial charge >= 0.3 is 12.3 Å². The van der Waals surface area contributed by atoms with Crippen molar-refractivity contribution in [1.82, 2.24) is 15.3 Å². The van der Waals surface area contributed by atoms with Crippen molar-refractivity contribution in [3.05, 3.63) is 66.0 Å². The number of aromatic amines is 1. The molecule has 0 aliphatic carbocycles. The van der Waals surface area contributed by atoms with Crippen molar-refractivity contribution in [2.24, 2.45) is 0 Å². The Balaban J connectivity index is 1.62. The van der Waals surface area contributed by atoms with Gasteiger partial charge < -0.3 is 19.8 Å². The SMILES string of the molecule is Cc1[nH]cnc1C(=O)NCC1CN(S(=O)(=O)c2ccc(F)cc2)c2cc(NC(=O)OC(C)(C)C(F)(F)F)ccc2O1. The van der Waals surface area contributed by atoms with Crippen LogP contribution in [0.25, 0.3) is 0 Å². The third-order valence-corrected chi connectivity index (χ3v) is 7.90. The lowest BCUT2D eigenvalue weighted by molar-refractivity contribution is -0.242. The van der Waals surface area contributed by atoms with E-state index in [2.05, 4.69) is 25.3 Å². The minimum atomic E-state index is -4.84. The summed E-state index contributed by atoms with van der Waals surface area (Å²) < 4.78 is 91.5. The minimum absolute atomic E-state index is 0.0340. The molecule has 0 spiro atoms. The molecule has 0 saturated heterocycles. The van der Waals surface area contributed by atoms with Crippen LogP contribution in [0.15, 0.2) is 53.7 Å². The van der Waals surface area contributed by atoms with Gasteiger partial charge in [0.1, 0.15) is 23.4 Å². The number of sulfonamides is 1. The molecule has 4 rings (SSSR count). The van der Waals surface area contributed by atoms with E-state index < -0.39 is 45.7 Å². The minimum Gasteiger partial charge on any atom is -0.484 e. The summed E-state index contributed by atoms with van der Waals surface area (Å²) >= 11 is 0. The quantitative estimate of drug-likeness (QED) is 0.347. The van der Waals surface area contributed by atoms with Gasteiger partial charge in [0.25, 0.3) is 15.9 Å². The molecule has 11 nitrogen and oxygen atoms in total. The number of nitrogens with zero attached hydrogens (tertiary/aromatic N) is 2. The third-order valence-electron chi connectivity index (χ3n) is 6.10. The second-order valence-corrected chi connectivity index (χ2v) is 11.4. The Morgan fingerprint density at radius 3 is 2.46 bits per heavy atom. The summed E-state index contributed by atoms with van der Waals surface area (Å²) in [5.74, 6) is -1.15. The van der Waals surface area contributed by atoms with E-state index in [1.807, 2.05) is 0 Å². The van der Waals surface area contributed by atoms with Gasteiger partial charge in [-0.3, -0.25) is 14.4 Å². The molecule has 1 aliphatic rings. The van der Waals surface area contributed by atoms with Crippen LogP contribution >= 0.6 is 0 Å². The molecule has 0 saturated carbocycles. The molecular formula is C25H25F4N5O6S. The number of hydrogen-bond donors (Lipinski definition) is 3. The van der Waals surface area contributed by atoms with Gasteiger partial charge in [-0.25, -0.2) is 22.6 Å². The van der Waals surface area contributed by atoms with Gasteiger partial charge in [0.05, 0.1) is 30.0 Å². The molecule has 16 heteroatoms. The lowest BCUT2D eigenvalue weighted by Crippen LogP contribution is -2.48. The number of aryl methyl sites for hydroxylation is 1. The van der Waals surface area contributed by atoms with E-state index in [4.69, 9.17) is 4.74 Å². The van der Waals surface area contributed by atoms with Crippen LogP contribution in [0.5, 0.6) is 5.75 Å². The second kappa shape index (κ2) is 10.9. The highest BCUT2D eigenvalue weighted by Gasteiger charge is 2.51. The Kier molecular flexibility index (Phi) is 7.89. The average Bonchev–Trinajstić information content (AvgIpc) is 3.32. The summed E-state index contributed by atoms with van der Waals surface area (Å²) in [6, 6.07) is 7.82. The zero-order valence-electron chi connectivity index (χ0n) is 21.9. The molecule has 0 bridgehead atoms. The van der Waals surface area contributed by atoms with Crippen LogP contribution in [0.4, 0.5) is 33.7 Å². The van der Waals surface area contributed by atoms with Crippen LogP contribution in [0, 0.1) is 12.7 Å². The fourth-order valence-electron chi connectivity index (χ4n) is 3.77. The van der Waals surface area contributed by atoms with Gasteiger partial charge in [-0.05, 0) is 63.2 Å². The van der Waals surface area contributed by atoms with Gasteiger partial charge in [0, 0.05) is 11.4 Å². The van der Waals surface area contributed by atoms with E-state index in [-0.39, 0.29) is 40.8 Å². The summed E-state index contributed by atoms with van der Waals surface area (Å²) in [6.45, 7) is 2.56. The number of ether oxygens (including phenoxy) is 2. The molecule has 0 fully saturated rings. The van der Waals surface area contributed by atoms with Crippen molar-refractivity contribution in [2.45, 2.75) is 43.5 Å². The van der Waals surface area contributed by atoms with Crippen LogP contribution < -0.4 is 19.7 Å². The topological polar surface area (TPSA) is 143 Å². The predicted molar refractivity (Wildman–Crippen MR) is 138 cm³/mol. The van der Waals surface area contributed by atoms with E-state index in [0.717, 1.165) is 28.6 Å². The molecule has 2 amide bonds. The smallest absolute Gasteiger partial charge is 0.427 e. The molecule has 41 heavy (non-hydrogen) atoms. The molecule has 3 aromatic rings. The first kappa shape index (κ1) is 29.6. The summed E-state index contributed by atoms with van der Waals surface area (Å²) in [5, 5.41) is 4.79. The van der Waals surface area contributed by atoms with Crippen LogP contribution in [0.3, 0.4) is 0 Å². The Bertz CT molecular complexity index is 1560. The average molecular weight is 600 g/mol. The number of amides is 2. The van der Waals surface area contributed by atoms with E-state index in [9.17, 15) is 35.6 Å². The zero-order valence-corrected chi connectivity index (χ0v) is 22.7. The van der Waals surface area contributed by atoms with Gasteiger partial charge in [-0.1, -0.05) is 0 Å². The van der Waals surface area contributed by atoms with Gasteiger partial charge in [-0.15, -0.1) is 0 Å². The number of nitrogens with one attached hydrogen (secondary N) is 3. The fraction of sp³-hybridized carbons (Fsp3) is 0.320. The molecule has 220 valence electrons. The van der Waals surface area contributed by atoms with Crippen molar-refractivity contribution in [2.75, 3.05) is 22.7 Å². The molecule has 1 unspecified atom stereocenters. The first-order valence-corrected chi connectivity index (χ1v) is 13.5. The van der Waals surface area contributed by atoms with Crippen molar-refractivity contribution >= 4 is 33.4 Å². The molecule has 3 N–H and O–H groups in total. The Labute approximate surface area is 231 Å². The highest BCUT2D eigenvalue weighted by Crippen LogP contribution is 2.39. The van der Waals surface area contributed by atoms with Crippen molar-refractivity contribution in [3.8, 4) is 5.75 Å². The first-order chi connectivity index (χ1) is 19.1. The maximum atomic E-state index is 13.6. The maximum Gasteiger partial charge on any atom is 0.427 e. The van der Waals surface area contributed by atoms with Crippen molar-refractivity contribution in [3.63, 3.8) is 0 Å². The Hall–Kier alpha value is -4.34. The second-order valence-electron chi connectivity index (χ2n) is 9.52. The van der Waals surface area contributed by atoms with Crippen molar-refractivity contribution in [1.29, 1.82) is 0 Å².